The highest BCUT2D eigenvalue weighted by molar-refractivity contribution is 5.88. The average molecular weight is 256 g/mol. The Bertz CT molecular complexity index is 307. The van der Waals surface area contributed by atoms with Crippen molar-refractivity contribution < 1.29 is 19.4 Å². The molecule has 4 heteroatoms. The Morgan fingerprint density at radius 3 is 2.61 bits per heavy atom. The zero-order valence-electron chi connectivity index (χ0n) is 11.7. The standard InChI is InChI=1S/C14H24O4/c1-5-11(6-2)18-13-8-10(14(16)17-4)7-12(15)9(13)3/h8-9,11-13,15H,5-7H2,1-4H3/t9-,12-,13-/m1/s1. The van der Waals surface area contributed by atoms with Gasteiger partial charge >= 0.3 is 5.97 Å². The number of aliphatic hydroxyl groups excluding tert-OH is 1. The van der Waals surface area contributed by atoms with Crippen LogP contribution >= 0.6 is 0 Å². The second kappa shape index (κ2) is 6.90. The van der Waals surface area contributed by atoms with Gasteiger partial charge in [0.15, 0.2) is 0 Å². The minimum absolute atomic E-state index is 0.000920. The topological polar surface area (TPSA) is 55.8 Å². The van der Waals surface area contributed by atoms with E-state index in [9.17, 15) is 9.90 Å². The van der Waals surface area contributed by atoms with E-state index in [4.69, 9.17) is 9.47 Å². The summed E-state index contributed by atoms with van der Waals surface area (Å²) in [4.78, 5) is 11.5. The van der Waals surface area contributed by atoms with Crippen molar-refractivity contribution in [3.05, 3.63) is 11.6 Å². The summed E-state index contributed by atoms with van der Waals surface area (Å²) in [5.41, 5.74) is 0.513. The van der Waals surface area contributed by atoms with E-state index in [0.717, 1.165) is 12.8 Å². The summed E-state index contributed by atoms with van der Waals surface area (Å²) in [6.45, 7) is 6.09. The van der Waals surface area contributed by atoms with Crippen LogP contribution in [0.25, 0.3) is 0 Å². The first kappa shape index (κ1) is 15.2. The van der Waals surface area contributed by atoms with Gasteiger partial charge in [-0.25, -0.2) is 4.79 Å². The van der Waals surface area contributed by atoms with Crippen molar-refractivity contribution in [3.8, 4) is 0 Å². The molecule has 0 saturated heterocycles. The van der Waals surface area contributed by atoms with Crippen LogP contribution in [0.1, 0.15) is 40.0 Å². The fraction of sp³-hybridized carbons (Fsp3) is 0.786. The Hall–Kier alpha value is -0.870. The molecule has 1 aliphatic carbocycles. The number of methoxy groups -OCH3 is 1. The maximum absolute atomic E-state index is 11.5. The number of esters is 1. The molecule has 1 N–H and O–H groups in total. The highest BCUT2D eigenvalue weighted by Gasteiger charge is 2.33. The van der Waals surface area contributed by atoms with Gasteiger partial charge in [0, 0.05) is 17.9 Å². The first-order valence-corrected chi connectivity index (χ1v) is 6.65. The number of rotatable bonds is 5. The molecule has 3 atom stereocenters. The lowest BCUT2D eigenvalue weighted by atomic mass is 9.85. The van der Waals surface area contributed by atoms with Gasteiger partial charge in [-0.1, -0.05) is 20.8 Å². The summed E-state index contributed by atoms with van der Waals surface area (Å²) in [7, 11) is 1.35. The van der Waals surface area contributed by atoms with Crippen molar-refractivity contribution in [3.63, 3.8) is 0 Å². The number of hydrogen-bond acceptors (Lipinski definition) is 4. The fourth-order valence-corrected chi connectivity index (χ4v) is 2.20. The molecular weight excluding hydrogens is 232 g/mol. The van der Waals surface area contributed by atoms with Crippen LogP contribution in [0.15, 0.2) is 11.6 Å². The Morgan fingerprint density at radius 1 is 1.50 bits per heavy atom. The van der Waals surface area contributed by atoms with Crippen LogP contribution in [-0.2, 0) is 14.3 Å². The first-order valence-electron chi connectivity index (χ1n) is 6.65. The van der Waals surface area contributed by atoms with Crippen molar-refractivity contribution >= 4 is 5.97 Å². The lowest BCUT2D eigenvalue weighted by Gasteiger charge is -2.33. The van der Waals surface area contributed by atoms with E-state index in [-0.39, 0.29) is 24.1 Å². The normalized spacial score (nSPS) is 28.1. The summed E-state index contributed by atoms with van der Waals surface area (Å²) in [5, 5.41) is 9.99. The molecule has 0 amide bonds. The van der Waals surface area contributed by atoms with E-state index in [0.29, 0.717) is 12.0 Å². The predicted molar refractivity (Wildman–Crippen MR) is 69.1 cm³/mol. The van der Waals surface area contributed by atoms with Gasteiger partial charge in [0.2, 0.25) is 0 Å². The van der Waals surface area contributed by atoms with E-state index in [2.05, 4.69) is 13.8 Å². The fourth-order valence-electron chi connectivity index (χ4n) is 2.20. The van der Waals surface area contributed by atoms with Gasteiger partial charge in [-0.2, -0.15) is 0 Å². The summed E-state index contributed by atoms with van der Waals surface area (Å²) in [6.07, 6.45) is 3.40. The maximum Gasteiger partial charge on any atom is 0.333 e. The smallest absolute Gasteiger partial charge is 0.333 e. The molecule has 4 nitrogen and oxygen atoms in total. The minimum Gasteiger partial charge on any atom is -0.466 e. The quantitative estimate of drug-likeness (QED) is 0.765. The van der Waals surface area contributed by atoms with Crippen LogP contribution in [-0.4, -0.2) is 36.5 Å². The van der Waals surface area contributed by atoms with Crippen LogP contribution in [0, 0.1) is 5.92 Å². The predicted octanol–water partition coefficient (Wildman–Crippen LogP) is 2.06. The average Bonchev–Trinajstić information content (AvgIpc) is 2.39. The summed E-state index contributed by atoms with van der Waals surface area (Å²) in [5.74, 6) is -0.377. The first-order chi connectivity index (χ1) is 8.53. The highest BCUT2D eigenvalue weighted by atomic mass is 16.5. The molecule has 0 aromatic carbocycles. The van der Waals surface area contributed by atoms with Crippen molar-refractivity contribution in [1.82, 2.24) is 0 Å². The lowest BCUT2D eigenvalue weighted by Crippen LogP contribution is -2.38. The number of carbonyl (C=O) groups is 1. The minimum atomic E-state index is -0.552. The molecule has 0 aromatic rings. The number of carbonyl (C=O) groups excluding carboxylic acids is 1. The molecule has 0 saturated carbocycles. The van der Waals surface area contributed by atoms with Gasteiger partial charge in [-0.05, 0) is 18.9 Å². The molecule has 0 bridgehead atoms. The van der Waals surface area contributed by atoms with Gasteiger partial charge < -0.3 is 14.6 Å². The second-order valence-corrected chi connectivity index (χ2v) is 4.85. The third-order valence-electron chi connectivity index (χ3n) is 3.63. The molecule has 0 spiro atoms. The summed E-state index contributed by atoms with van der Waals surface area (Å²) in [6, 6.07) is 0. The number of hydrogen-bond donors (Lipinski definition) is 1. The Balaban J connectivity index is 2.82. The van der Waals surface area contributed by atoms with Crippen LogP contribution in [0.5, 0.6) is 0 Å². The molecule has 18 heavy (non-hydrogen) atoms. The van der Waals surface area contributed by atoms with Gasteiger partial charge in [0.25, 0.3) is 0 Å². The molecule has 1 aliphatic rings. The third-order valence-corrected chi connectivity index (χ3v) is 3.63. The summed E-state index contributed by atoms with van der Waals surface area (Å²) >= 11 is 0. The monoisotopic (exact) mass is 256 g/mol. The summed E-state index contributed by atoms with van der Waals surface area (Å²) < 4.78 is 10.7. The molecule has 1 rings (SSSR count). The van der Waals surface area contributed by atoms with Crippen LogP contribution in [0.4, 0.5) is 0 Å². The SMILES string of the molecule is CCC(CC)O[C@@H]1C=C(C(=O)OC)C[C@@H](O)[C@H]1C. The number of aliphatic hydroxyl groups is 1. The molecule has 0 aliphatic heterocycles. The van der Waals surface area contributed by atoms with E-state index < -0.39 is 6.10 Å². The van der Waals surface area contributed by atoms with E-state index in [1.807, 2.05) is 13.0 Å². The molecule has 0 aromatic heterocycles. The maximum atomic E-state index is 11.5. The zero-order chi connectivity index (χ0) is 13.7. The number of ether oxygens (including phenoxy) is 2. The van der Waals surface area contributed by atoms with Gasteiger partial charge in [-0.3, -0.25) is 0 Å². The van der Waals surface area contributed by atoms with E-state index >= 15 is 0 Å². The van der Waals surface area contributed by atoms with Crippen LogP contribution in [0.2, 0.25) is 0 Å². The zero-order valence-corrected chi connectivity index (χ0v) is 11.7. The van der Waals surface area contributed by atoms with Gasteiger partial charge in [-0.15, -0.1) is 0 Å². The molecule has 0 heterocycles. The van der Waals surface area contributed by atoms with Gasteiger partial charge in [0.05, 0.1) is 25.4 Å². The van der Waals surface area contributed by atoms with Crippen LogP contribution < -0.4 is 0 Å². The third kappa shape index (κ3) is 3.56. The second-order valence-electron chi connectivity index (χ2n) is 4.85. The van der Waals surface area contributed by atoms with Crippen molar-refractivity contribution in [1.29, 1.82) is 0 Å². The van der Waals surface area contributed by atoms with E-state index in [1.54, 1.807) is 0 Å². The lowest BCUT2D eigenvalue weighted by molar-refractivity contribution is -0.137. The molecular formula is C14H24O4. The highest BCUT2D eigenvalue weighted by Crippen LogP contribution is 2.28. The molecule has 0 fully saturated rings. The Labute approximate surface area is 109 Å². The van der Waals surface area contributed by atoms with Crippen molar-refractivity contribution in [2.24, 2.45) is 5.92 Å². The molecule has 104 valence electrons. The largest absolute Gasteiger partial charge is 0.466 e. The molecule has 0 unspecified atom stereocenters. The van der Waals surface area contributed by atoms with Crippen molar-refractivity contribution in [2.45, 2.75) is 58.3 Å². The van der Waals surface area contributed by atoms with Gasteiger partial charge in [0.1, 0.15) is 0 Å². The Morgan fingerprint density at radius 2 is 2.11 bits per heavy atom. The molecule has 0 radical (unpaired) electrons. The Kier molecular flexibility index (Phi) is 5.82. The van der Waals surface area contributed by atoms with Crippen LogP contribution in [0.3, 0.4) is 0 Å². The van der Waals surface area contributed by atoms with Crippen molar-refractivity contribution in [2.75, 3.05) is 7.11 Å². The van der Waals surface area contributed by atoms with E-state index in [1.165, 1.54) is 7.11 Å².